The lowest BCUT2D eigenvalue weighted by atomic mass is 10.1. The lowest BCUT2D eigenvalue weighted by Crippen LogP contribution is -2.25. The van der Waals surface area contributed by atoms with Crippen molar-refractivity contribution in [3.63, 3.8) is 0 Å². The molecule has 0 radical (unpaired) electrons. The van der Waals surface area contributed by atoms with E-state index in [0.717, 1.165) is 29.1 Å². The van der Waals surface area contributed by atoms with Gasteiger partial charge in [0.1, 0.15) is 5.75 Å². The number of carbonyl (C=O) groups is 1. The Balaban J connectivity index is 1.47. The molecule has 1 heterocycles. The molecule has 0 spiro atoms. The molecule has 1 amide bonds. The molecule has 5 nitrogen and oxygen atoms in total. The fourth-order valence-corrected chi connectivity index (χ4v) is 2.90. The fourth-order valence-electron chi connectivity index (χ4n) is 2.90. The van der Waals surface area contributed by atoms with Gasteiger partial charge in [-0.25, -0.2) is 0 Å². The number of aromatic nitrogens is 2. The van der Waals surface area contributed by atoms with Crippen molar-refractivity contribution in [1.29, 1.82) is 0 Å². The van der Waals surface area contributed by atoms with E-state index in [1.54, 1.807) is 0 Å². The number of ether oxygens (including phenoxy) is 1. The van der Waals surface area contributed by atoms with E-state index in [1.165, 1.54) is 0 Å². The molecule has 3 rings (SSSR count). The number of benzene rings is 2. The molecule has 27 heavy (non-hydrogen) atoms. The zero-order chi connectivity index (χ0) is 19.1. The summed E-state index contributed by atoms with van der Waals surface area (Å²) in [6.45, 7) is 5.82. The fraction of sp³-hybridized carbons (Fsp3) is 0.273. The molecule has 1 aromatic heterocycles. The van der Waals surface area contributed by atoms with Gasteiger partial charge in [-0.2, -0.15) is 5.10 Å². The molecule has 0 fully saturated rings. The van der Waals surface area contributed by atoms with Crippen LogP contribution in [0.2, 0.25) is 0 Å². The lowest BCUT2D eigenvalue weighted by molar-refractivity contribution is 0.0951. The molecule has 0 aliphatic carbocycles. The van der Waals surface area contributed by atoms with E-state index in [9.17, 15) is 4.79 Å². The quantitative estimate of drug-likeness (QED) is 0.620. The maximum atomic E-state index is 12.4. The monoisotopic (exact) mass is 363 g/mol. The first-order valence-electron chi connectivity index (χ1n) is 9.18. The third-order valence-electron chi connectivity index (χ3n) is 4.24. The summed E-state index contributed by atoms with van der Waals surface area (Å²) in [7, 11) is 0. The van der Waals surface area contributed by atoms with Crippen LogP contribution in [-0.2, 0) is 6.54 Å². The molecule has 0 saturated heterocycles. The zero-order valence-electron chi connectivity index (χ0n) is 15.8. The van der Waals surface area contributed by atoms with Crippen LogP contribution in [-0.4, -0.2) is 28.8 Å². The van der Waals surface area contributed by atoms with Crippen LogP contribution in [0.25, 0.3) is 0 Å². The molecule has 5 heteroatoms. The average molecular weight is 363 g/mol. The van der Waals surface area contributed by atoms with Crippen molar-refractivity contribution >= 4 is 5.91 Å². The summed E-state index contributed by atoms with van der Waals surface area (Å²) >= 11 is 0. The van der Waals surface area contributed by atoms with Crippen molar-refractivity contribution in [3.05, 3.63) is 83.2 Å². The first-order chi connectivity index (χ1) is 13.1. The van der Waals surface area contributed by atoms with Gasteiger partial charge in [-0.15, -0.1) is 0 Å². The molecule has 0 aliphatic heterocycles. The van der Waals surface area contributed by atoms with Crippen LogP contribution >= 0.6 is 0 Å². The topological polar surface area (TPSA) is 56.2 Å². The molecule has 1 N–H and O–H groups in total. The summed E-state index contributed by atoms with van der Waals surface area (Å²) in [6, 6.07) is 19.4. The van der Waals surface area contributed by atoms with Gasteiger partial charge in [0.05, 0.1) is 18.8 Å². The maximum Gasteiger partial charge on any atom is 0.251 e. The van der Waals surface area contributed by atoms with E-state index in [1.807, 2.05) is 79.2 Å². The number of hydrogen-bond acceptors (Lipinski definition) is 3. The van der Waals surface area contributed by atoms with Crippen molar-refractivity contribution in [2.75, 3.05) is 13.2 Å². The van der Waals surface area contributed by atoms with Crippen molar-refractivity contribution < 1.29 is 9.53 Å². The summed E-state index contributed by atoms with van der Waals surface area (Å²) in [6.07, 6.45) is 0.756. The molecular weight excluding hydrogens is 338 g/mol. The van der Waals surface area contributed by atoms with Crippen molar-refractivity contribution in [1.82, 2.24) is 15.1 Å². The highest BCUT2D eigenvalue weighted by Gasteiger charge is 2.07. The average Bonchev–Trinajstić information content (AvgIpc) is 2.99. The first kappa shape index (κ1) is 18.7. The Hall–Kier alpha value is -3.08. The predicted octanol–water partition coefficient (Wildman–Crippen LogP) is 3.75. The summed E-state index contributed by atoms with van der Waals surface area (Å²) in [5.41, 5.74) is 3.83. The third-order valence-corrected chi connectivity index (χ3v) is 4.24. The predicted molar refractivity (Wildman–Crippen MR) is 106 cm³/mol. The zero-order valence-corrected chi connectivity index (χ0v) is 15.8. The van der Waals surface area contributed by atoms with Gasteiger partial charge < -0.3 is 10.1 Å². The number of amides is 1. The third kappa shape index (κ3) is 5.45. The van der Waals surface area contributed by atoms with E-state index in [2.05, 4.69) is 10.4 Å². The number of para-hydroxylation sites is 1. The smallest absolute Gasteiger partial charge is 0.251 e. The molecule has 3 aromatic rings. The second-order valence-electron chi connectivity index (χ2n) is 6.56. The highest BCUT2D eigenvalue weighted by molar-refractivity contribution is 5.94. The van der Waals surface area contributed by atoms with Crippen LogP contribution in [0.5, 0.6) is 5.75 Å². The van der Waals surface area contributed by atoms with Gasteiger partial charge in [0.15, 0.2) is 0 Å². The van der Waals surface area contributed by atoms with Gasteiger partial charge >= 0.3 is 0 Å². The van der Waals surface area contributed by atoms with Gasteiger partial charge in [-0.3, -0.25) is 9.48 Å². The Labute approximate surface area is 160 Å². The number of nitrogens with one attached hydrogen (secondary N) is 1. The molecule has 140 valence electrons. The summed E-state index contributed by atoms with van der Waals surface area (Å²) in [5, 5.41) is 7.43. The Morgan fingerprint density at radius 1 is 1.07 bits per heavy atom. The van der Waals surface area contributed by atoms with Gasteiger partial charge in [-0.05, 0) is 56.2 Å². The van der Waals surface area contributed by atoms with E-state index in [4.69, 9.17) is 4.74 Å². The van der Waals surface area contributed by atoms with E-state index < -0.39 is 0 Å². The first-order valence-corrected chi connectivity index (χ1v) is 9.18. The molecule has 0 bridgehead atoms. The second kappa shape index (κ2) is 9.03. The lowest BCUT2D eigenvalue weighted by Gasteiger charge is -2.09. The number of aryl methyl sites for hydroxylation is 2. The Morgan fingerprint density at radius 2 is 1.89 bits per heavy atom. The van der Waals surface area contributed by atoms with Gasteiger partial charge in [0.25, 0.3) is 5.91 Å². The van der Waals surface area contributed by atoms with Crippen LogP contribution in [0, 0.1) is 13.8 Å². The molecule has 0 unspecified atom stereocenters. The van der Waals surface area contributed by atoms with E-state index in [0.29, 0.717) is 25.3 Å². The molecule has 2 aromatic carbocycles. The van der Waals surface area contributed by atoms with E-state index >= 15 is 0 Å². The number of rotatable bonds is 8. The summed E-state index contributed by atoms with van der Waals surface area (Å²) < 4.78 is 7.58. The minimum absolute atomic E-state index is 0.0649. The Bertz CT molecular complexity index is 888. The minimum atomic E-state index is -0.0649. The highest BCUT2D eigenvalue weighted by Crippen LogP contribution is 2.10. The molecule has 0 saturated carbocycles. The van der Waals surface area contributed by atoms with Crippen molar-refractivity contribution in [2.24, 2.45) is 0 Å². The highest BCUT2D eigenvalue weighted by atomic mass is 16.5. The number of carbonyl (C=O) groups excluding carboxylic acids is 1. The summed E-state index contributed by atoms with van der Waals surface area (Å²) in [5.74, 6) is 0.783. The van der Waals surface area contributed by atoms with Crippen LogP contribution < -0.4 is 10.1 Å². The standard InChI is InChI=1S/C22H25N3O2/c1-17-14-18(2)25(24-17)16-19-8-6-9-20(15-19)22(26)23-12-7-13-27-21-10-4-3-5-11-21/h3-6,8-11,14-15H,7,12-13,16H2,1-2H3,(H,23,26). The largest absolute Gasteiger partial charge is 0.494 e. The van der Waals surface area contributed by atoms with Crippen LogP contribution in [0.3, 0.4) is 0 Å². The maximum absolute atomic E-state index is 12.4. The Morgan fingerprint density at radius 3 is 2.63 bits per heavy atom. The van der Waals surface area contributed by atoms with Gasteiger partial charge in [-0.1, -0.05) is 30.3 Å². The Kier molecular flexibility index (Phi) is 6.26. The van der Waals surface area contributed by atoms with Crippen LogP contribution in [0.15, 0.2) is 60.7 Å². The van der Waals surface area contributed by atoms with Gasteiger partial charge in [0.2, 0.25) is 0 Å². The van der Waals surface area contributed by atoms with Gasteiger partial charge in [0, 0.05) is 17.8 Å². The van der Waals surface area contributed by atoms with Crippen molar-refractivity contribution in [2.45, 2.75) is 26.8 Å². The second-order valence-corrected chi connectivity index (χ2v) is 6.56. The number of hydrogen-bond donors (Lipinski definition) is 1. The summed E-state index contributed by atoms with van der Waals surface area (Å²) in [4.78, 5) is 12.4. The normalized spacial score (nSPS) is 10.6. The molecule has 0 atom stereocenters. The van der Waals surface area contributed by atoms with Crippen molar-refractivity contribution in [3.8, 4) is 5.75 Å². The number of nitrogens with zero attached hydrogens (tertiary/aromatic N) is 2. The SMILES string of the molecule is Cc1cc(C)n(Cc2cccc(C(=O)NCCCOc3ccccc3)c2)n1. The van der Waals surface area contributed by atoms with E-state index in [-0.39, 0.29) is 5.91 Å². The molecular formula is C22H25N3O2. The molecule has 0 aliphatic rings. The minimum Gasteiger partial charge on any atom is -0.494 e. The van der Waals surface area contributed by atoms with Crippen LogP contribution in [0.4, 0.5) is 0 Å². The van der Waals surface area contributed by atoms with Crippen LogP contribution in [0.1, 0.15) is 33.7 Å².